The van der Waals surface area contributed by atoms with Crippen molar-refractivity contribution >= 4 is 16.3 Å². The van der Waals surface area contributed by atoms with Crippen LogP contribution in [-0.4, -0.2) is 19.7 Å². The quantitative estimate of drug-likeness (QED) is 0.428. The lowest BCUT2D eigenvalue weighted by molar-refractivity contribution is 0.485. The van der Waals surface area contributed by atoms with E-state index in [1.165, 1.54) is 64.2 Å². The maximum atomic E-state index is 2.69. The first-order valence-corrected chi connectivity index (χ1v) is 10.4. The molecule has 0 heterocycles. The molecule has 2 saturated carbocycles. The van der Waals surface area contributed by atoms with Gasteiger partial charge in [-0.05, 0) is 68.0 Å². The van der Waals surface area contributed by atoms with Crippen LogP contribution in [0.1, 0.15) is 89.9 Å². The first-order valence-electron chi connectivity index (χ1n) is 8.92. The van der Waals surface area contributed by atoms with Gasteiger partial charge in [0.1, 0.15) is 0 Å². The maximum Gasteiger partial charge on any atom is 0 e. The molecule has 20 heavy (non-hydrogen) atoms. The molecule has 0 spiro atoms. The molecular formula is C18H31BP. The van der Waals surface area contributed by atoms with Crippen molar-refractivity contribution in [1.82, 2.24) is 0 Å². The van der Waals surface area contributed by atoms with Crippen LogP contribution in [0.25, 0.3) is 0 Å². The smallest absolute Gasteiger partial charge is 0 e. The highest BCUT2D eigenvalue weighted by Gasteiger charge is 2.33. The Morgan fingerprint density at radius 2 is 1.25 bits per heavy atom. The van der Waals surface area contributed by atoms with E-state index in [1.807, 2.05) is 5.31 Å². The van der Waals surface area contributed by atoms with Crippen LogP contribution < -0.4 is 0 Å². The number of hydrogen-bond donors (Lipinski definition) is 0. The zero-order valence-electron chi connectivity index (χ0n) is 13.2. The molecular weight excluding hydrogens is 258 g/mol. The Morgan fingerprint density at radius 1 is 0.700 bits per heavy atom. The Kier molecular flexibility index (Phi) is 7.16. The van der Waals surface area contributed by atoms with Crippen molar-refractivity contribution in [2.45, 2.75) is 101 Å². The first-order chi connectivity index (χ1) is 9.45. The Balaban J connectivity index is 0.00000147. The molecule has 0 bridgehead atoms. The predicted octanol–water partition coefficient (Wildman–Crippen LogP) is 6.21. The van der Waals surface area contributed by atoms with Crippen LogP contribution in [0.5, 0.6) is 0 Å². The summed E-state index contributed by atoms with van der Waals surface area (Å²) in [7, 11) is 0.246. The van der Waals surface area contributed by atoms with Gasteiger partial charge in [0, 0.05) is 8.41 Å². The molecule has 0 aromatic heterocycles. The van der Waals surface area contributed by atoms with E-state index < -0.39 is 0 Å². The molecule has 111 valence electrons. The predicted molar refractivity (Wildman–Crippen MR) is 93.0 cm³/mol. The molecule has 0 unspecified atom stereocenters. The largest absolute Gasteiger partial charge is 0.0808 e. The zero-order chi connectivity index (χ0) is 12.9. The van der Waals surface area contributed by atoms with Crippen molar-refractivity contribution in [2.24, 2.45) is 0 Å². The molecule has 0 aromatic rings. The van der Waals surface area contributed by atoms with Gasteiger partial charge < -0.3 is 0 Å². The van der Waals surface area contributed by atoms with E-state index in [0.29, 0.717) is 0 Å². The van der Waals surface area contributed by atoms with Crippen LogP contribution in [0.3, 0.4) is 0 Å². The second-order valence-electron chi connectivity index (χ2n) is 6.93. The molecule has 0 N–H and O–H groups in total. The third kappa shape index (κ3) is 4.13. The van der Waals surface area contributed by atoms with E-state index >= 15 is 0 Å². The van der Waals surface area contributed by atoms with Crippen molar-refractivity contribution in [3.8, 4) is 0 Å². The fourth-order valence-electron chi connectivity index (χ4n) is 4.54. The lowest BCUT2D eigenvalue weighted by Gasteiger charge is -2.40. The van der Waals surface area contributed by atoms with Crippen LogP contribution in [0.15, 0.2) is 11.4 Å². The van der Waals surface area contributed by atoms with Crippen LogP contribution >= 0.6 is 7.92 Å². The van der Waals surface area contributed by atoms with Gasteiger partial charge in [-0.3, -0.25) is 0 Å². The number of allylic oxidation sites excluding steroid dienone is 2. The van der Waals surface area contributed by atoms with E-state index in [-0.39, 0.29) is 16.3 Å². The maximum absolute atomic E-state index is 2.69. The van der Waals surface area contributed by atoms with E-state index in [2.05, 4.69) is 6.08 Å². The Hall–Kier alpha value is 0.235. The molecule has 0 aromatic carbocycles. The average molecular weight is 289 g/mol. The molecule has 0 atom stereocenters. The average Bonchev–Trinajstić information content (AvgIpc) is 2.51. The molecule has 0 aliphatic heterocycles. The molecule has 3 aliphatic carbocycles. The van der Waals surface area contributed by atoms with Crippen molar-refractivity contribution < 1.29 is 0 Å². The van der Waals surface area contributed by atoms with Gasteiger partial charge in [0.25, 0.3) is 0 Å². The van der Waals surface area contributed by atoms with Gasteiger partial charge in [-0.25, -0.2) is 0 Å². The summed E-state index contributed by atoms with van der Waals surface area (Å²) in [6.07, 6.45) is 23.9. The minimum atomic E-state index is 0. The van der Waals surface area contributed by atoms with Crippen molar-refractivity contribution in [3.63, 3.8) is 0 Å². The van der Waals surface area contributed by atoms with Gasteiger partial charge in [-0.1, -0.05) is 52.5 Å². The highest BCUT2D eigenvalue weighted by Crippen LogP contribution is 2.62. The summed E-state index contributed by atoms with van der Waals surface area (Å²) in [6, 6.07) is 0. The monoisotopic (exact) mass is 289 g/mol. The van der Waals surface area contributed by atoms with E-state index in [1.54, 1.807) is 25.7 Å². The van der Waals surface area contributed by atoms with Crippen LogP contribution in [0, 0.1) is 0 Å². The molecule has 3 radical (unpaired) electrons. The fourth-order valence-corrected chi connectivity index (χ4v) is 8.67. The summed E-state index contributed by atoms with van der Waals surface area (Å²) in [6.45, 7) is 0. The van der Waals surface area contributed by atoms with Crippen molar-refractivity contribution in [1.29, 1.82) is 0 Å². The molecule has 0 amide bonds. The fraction of sp³-hybridized carbons (Fsp3) is 0.889. The van der Waals surface area contributed by atoms with Gasteiger partial charge in [0.15, 0.2) is 0 Å². The number of rotatable bonds is 3. The van der Waals surface area contributed by atoms with Gasteiger partial charge in [0.05, 0.1) is 0 Å². The highest BCUT2D eigenvalue weighted by atomic mass is 31.1. The zero-order valence-corrected chi connectivity index (χ0v) is 14.1. The Bertz CT molecular complexity index is 283. The third-order valence-electron chi connectivity index (χ3n) is 5.53. The standard InChI is InChI=1S/C18H31P.B/c1-4-10-16(11-5-1)19(17-12-6-2-7-13-17)18-14-8-3-9-15-18;/h10,17-18H,1-9,11-15H2;. The van der Waals surface area contributed by atoms with Crippen LogP contribution in [0.2, 0.25) is 0 Å². The summed E-state index contributed by atoms with van der Waals surface area (Å²) < 4.78 is 0. The Morgan fingerprint density at radius 3 is 1.70 bits per heavy atom. The second kappa shape index (κ2) is 8.62. The van der Waals surface area contributed by atoms with E-state index in [0.717, 1.165) is 11.3 Å². The minimum Gasteiger partial charge on any atom is -0.0808 e. The van der Waals surface area contributed by atoms with Crippen molar-refractivity contribution in [3.05, 3.63) is 11.4 Å². The van der Waals surface area contributed by atoms with Gasteiger partial charge in [-0.2, -0.15) is 0 Å². The topological polar surface area (TPSA) is 0 Å². The normalized spacial score (nSPS) is 26.1. The summed E-state index contributed by atoms with van der Waals surface area (Å²) >= 11 is 0. The van der Waals surface area contributed by atoms with E-state index in [4.69, 9.17) is 0 Å². The van der Waals surface area contributed by atoms with E-state index in [9.17, 15) is 0 Å². The molecule has 3 aliphatic rings. The Labute approximate surface area is 129 Å². The lowest BCUT2D eigenvalue weighted by Crippen LogP contribution is -2.21. The third-order valence-corrected chi connectivity index (χ3v) is 9.21. The van der Waals surface area contributed by atoms with Gasteiger partial charge in [0.2, 0.25) is 0 Å². The SMILES string of the molecule is C1=C(P(C2CCCCC2)C2CCCCC2)CCCC1.[B]. The lowest BCUT2D eigenvalue weighted by atomic mass is 9.99. The highest BCUT2D eigenvalue weighted by molar-refractivity contribution is 7.63. The summed E-state index contributed by atoms with van der Waals surface area (Å²) in [5, 5.41) is 1.97. The first kappa shape index (κ1) is 16.6. The molecule has 0 nitrogen and oxygen atoms in total. The van der Waals surface area contributed by atoms with Crippen LogP contribution in [0.4, 0.5) is 0 Å². The van der Waals surface area contributed by atoms with Gasteiger partial charge in [-0.15, -0.1) is 0 Å². The second-order valence-corrected chi connectivity index (χ2v) is 9.78. The van der Waals surface area contributed by atoms with Gasteiger partial charge >= 0.3 is 0 Å². The number of hydrogen-bond acceptors (Lipinski definition) is 0. The summed E-state index contributed by atoms with van der Waals surface area (Å²) in [4.78, 5) is 0. The molecule has 0 saturated heterocycles. The van der Waals surface area contributed by atoms with Crippen molar-refractivity contribution in [2.75, 3.05) is 0 Å². The summed E-state index contributed by atoms with van der Waals surface area (Å²) in [5.41, 5.74) is 2.24. The molecule has 3 rings (SSSR count). The molecule has 2 fully saturated rings. The minimum absolute atomic E-state index is 0. The summed E-state index contributed by atoms with van der Waals surface area (Å²) in [5.74, 6) is 0. The van der Waals surface area contributed by atoms with Crippen LogP contribution in [-0.2, 0) is 0 Å². The molecule has 2 heteroatoms.